The van der Waals surface area contributed by atoms with Gasteiger partial charge in [0.25, 0.3) is 0 Å². The molecule has 2 aromatic rings. The van der Waals surface area contributed by atoms with Crippen LogP contribution in [0.4, 0.5) is 0 Å². The molecule has 5 heteroatoms. The maximum Gasteiger partial charge on any atom is 0.374 e. The minimum atomic E-state index is -0.481. The first-order chi connectivity index (χ1) is 9.81. The molecule has 0 bridgehead atoms. The fraction of sp³-hybridized carbons (Fsp3) is 0.333. The lowest BCUT2D eigenvalue weighted by molar-refractivity contribution is 0.0289. The van der Waals surface area contributed by atoms with Crippen LogP contribution in [0.5, 0.6) is 0 Å². The Labute approximate surface area is 117 Å². The molecule has 0 aliphatic rings. The summed E-state index contributed by atoms with van der Waals surface area (Å²) in [6.45, 7) is 3.32. The van der Waals surface area contributed by atoms with Crippen LogP contribution < -0.4 is 0 Å². The van der Waals surface area contributed by atoms with E-state index in [1.54, 1.807) is 24.5 Å². The number of aromatic nitrogens is 1. The molecule has 0 saturated carbocycles. The van der Waals surface area contributed by atoms with Crippen molar-refractivity contribution in [2.45, 2.75) is 13.3 Å². The number of carbonyl (C=O) groups excluding carboxylic acids is 1. The molecule has 0 saturated heterocycles. The molecule has 2 heterocycles. The summed E-state index contributed by atoms with van der Waals surface area (Å²) in [6.07, 6.45) is 4.28. The molecule has 5 nitrogen and oxygen atoms in total. The van der Waals surface area contributed by atoms with Gasteiger partial charge in [0.15, 0.2) is 0 Å². The third-order valence-corrected chi connectivity index (χ3v) is 2.58. The summed E-state index contributed by atoms with van der Waals surface area (Å²) < 4.78 is 15.7. The first-order valence-corrected chi connectivity index (χ1v) is 6.56. The van der Waals surface area contributed by atoms with Gasteiger partial charge in [0.05, 0.1) is 6.61 Å². The molecule has 0 aromatic carbocycles. The Kier molecular flexibility index (Phi) is 5.32. The van der Waals surface area contributed by atoms with E-state index in [9.17, 15) is 4.79 Å². The molecule has 106 valence electrons. The third-order valence-electron chi connectivity index (χ3n) is 2.58. The summed E-state index contributed by atoms with van der Waals surface area (Å²) in [4.78, 5) is 15.7. The van der Waals surface area contributed by atoms with Crippen molar-refractivity contribution in [3.8, 4) is 11.3 Å². The predicted molar refractivity (Wildman–Crippen MR) is 73.3 cm³/mol. The van der Waals surface area contributed by atoms with E-state index in [1.165, 1.54) is 0 Å². The number of hydrogen-bond acceptors (Lipinski definition) is 5. The van der Waals surface area contributed by atoms with E-state index in [0.29, 0.717) is 19.0 Å². The van der Waals surface area contributed by atoms with Gasteiger partial charge in [-0.25, -0.2) is 4.79 Å². The average molecular weight is 275 g/mol. The maximum absolute atomic E-state index is 11.7. The van der Waals surface area contributed by atoms with E-state index in [4.69, 9.17) is 13.9 Å². The van der Waals surface area contributed by atoms with Gasteiger partial charge in [0.1, 0.15) is 12.4 Å². The molecule has 0 radical (unpaired) electrons. The lowest BCUT2D eigenvalue weighted by atomic mass is 10.2. The van der Waals surface area contributed by atoms with Crippen molar-refractivity contribution in [2.24, 2.45) is 0 Å². The zero-order chi connectivity index (χ0) is 14.2. The van der Waals surface area contributed by atoms with E-state index >= 15 is 0 Å². The van der Waals surface area contributed by atoms with Gasteiger partial charge in [-0.15, -0.1) is 0 Å². The van der Waals surface area contributed by atoms with Gasteiger partial charge in [-0.05, 0) is 30.7 Å². The summed E-state index contributed by atoms with van der Waals surface area (Å²) in [7, 11) is 0. The molecule has 0 N–H and O–H groups in total. The first kappa shape index (κ1) is 14.3. The number of carbonyl (C=O) groups is 1. The number of furan rings is 1. The molecule has 0 atom stereocenters. The maximum atomic E-state index is 11.7. The van der Waals surface area contributed by atoms with E-state index in [1.807, 2.05) is 19.1 Å². The fourth-order valence-corrected chi connectivity index (χ4v) is 1.63. The zero-order valence-corrected chi connectivity index (χ0v) is 11.4. The normalized spacial score (nSPS) is 10.4. The predicted octanol–water partition coefficient (Wildman–Crippen LogP) is 2.93. The topological polar surface area (TPSA) is 61.6 Å². The molecule has 0 aliphatic heterocycles. The lowest BCUT2D eigenvalue weighted by Crippen LogP contribution is -2.10. The highest BCUT2D eigenvalue weighted by atomic mass is 16.6. The Morgan fingerprint density at radius 2 is 1.95 bits per heavy atom. The van der Waals surface area contributed by atoms with Gasteiger partial charge in [-0.1, -0.05) is 6.92 Å². The summed E-state index contributed by atoms with van der Waals surface area (Å²) in [6, 6.07) is 6.96. The van der Waals surface area contributed by atoms with Crippen molar-refractivity contribution in [1.29, 1.82) is 0 Å². The van der Waals surface area contributed by atoms with Crippen molar-refractivity contribution in [3.05, 3.63) is 42.4 Å². The number of pyridine rings is 1. The largest absolute Gasteiger partial charge is 0.457 e. The van der Waals surface area contributed by atoms with Crippen molar-refractivity contribution in [2.75, 3.05) is 19.8 Å². The summed E-state index contributed by atoms with van der Waals surface area (Å²) in [5.41, 5.74) is 0.866. The van der Waals surface area contributed by atoms with E-state index in [2.05, 4.69) is 4.98 Å². The van der Waals surface area contributed by atoms with Crippen molar-refractivity contribution in [3.63, 3.8) is 0 Å². The second kappa shape index (κ2) is 7.45. The van der Waals surface area contributed by atoms with Gasteiger partial charge in [0, 0.05) is 24.6 Å². The highest BCUT2D eigenvalue weighted by Crippen LogP contribution is 2.21. The Balaban J connectivity index is 1.87. The second-order valence-electron chi connectivity index (χ2n) is 4.15. The number of nitrogens with zero attached hydrogens (tertiary/aromatic N) is 1. The van der Waals surface area contributed by atoms with Crippen LogP contribution in [-0.2, 0) is 9.47 Å². The summed E-state index contributed by atoms with van der Waals surface area (Å²) in [5.74, 6) is 0.319. The van der Waals surface area contributed by atoms with E-state index in [-0.39, 0.29) is 12.4 Å². The molecule has 0 unspecified atom stereocenters. The van der Waals surface area contributed by atoms with Crippen LogP contribution in [0.15, 0.2) is 41.1 Å². The van der Waals surface area contributed by atoms with Gasteiger partial charge >= 0.3 is 5.97 Å². The van der Waals surface area contributed by atoms with Crippen molar-refractivity contribution >= 4 is 5.97 Å². The van der Waals surface area contributed by atoms with Crippen LogP contribution in [0.25, 0.3) is 11.3 Å². The SMILES string of the molecule is CCCOCCOC(=O)c1ccc(-c2ccncc2)o1. The minimum Gasteiger partial charge on any atom is -0.457 e. The monoisotopic (exact) mass is 275 g/mol. The molecule has 0 amide bonds. The summed E-state index contributed by atoms with van der Waals surface area (Å²) >= 11 is 0. The highest BCUT2D eigenvalue weighted by molar-refractivity contribution is 5.87. The summed E-state index contributed by atoms with van der Waals surface area (Å²) in [5, 5.41) is 0. The lowest BCUT2D eigenvalue weighted by Gasteiger charge is -2.03. The molecule has 0 spiro atoms. The van der Waals surface area contributed by atoms with Crippen LogP contribution >= 0.6 is 0 Å². The average Bonchev–Trinajstić information content (AvgIpc) is 2.98. The Morgan fingerprint density at radius 3 is 2.70 bits per heavy atom. The Morgan fingerprint density at radius 1 is 1.15 bits per heavy atom. The van der Waals surface area contributed by atoms with Crippen LogP contribution in [0.2, 0.25) is 0 Å². The molecule has 2 aromatic heterocycles. The highest BCUT2D eigenvalue weighted by Gasteiger charge is 2.13. The number of rotatable bonds is 7. The van der Waals surface area contributed by atoms with E-state index < -0.39 is 5.97 Å². The van der Waals surface area contributed by atoms with Gasteiger partial charge in [-0.2, -0.15) is 0 Å². The molecule has 0 aliphatic carbocycles. The van der Waals surface area contributed by atoms with E-state index in [0.717, 1.165) is 12.0 Å². The van der Waals surface area contributed by atoms with Crippen LogP contribution in [0.1, 0.15) is 23.9 Å². The molecule has 2 rings (SSSR count). The minimum absolute atomic E-state index is 0.187. The quantitative estimate of drug-likeness (QED) is 0.574. The molecular weight excluding hydrogens is 258 g/mol. The Hall–Kier alpha value is -2.14. The Bertz CT molecular complexity index is 536. The van der Waals surface area contributed by atoms with Crippen LogP contribution in [0, 0.1) is 0 Å². The van der Waals surface area contributed by atoms with Gasteiger partial charge < -0.3 is 13.9 Å². The van der Waals surface area contributed by atoms with Crippen LogP contribution in [0.3, 0.4) is 0 Å². The van der Waals surface area contributed by atoms with Crippen molar-refractivity contribution in [1.82, 2.24) is 4.98 Å². The standard InChI is InChI=1S/C15H17NO4/c1-2-9-18-10-11-19-15(17)14-4-3-13(20-14)12-5-7-16-8-6-12/h3-8H,2,9-11H2,1H3. The number of ether oxygens (including phenoxy) is 2. The van der Waals surface area contributed by atoms with Crippen LogP contribution in [-0.4, -0.2) is 30.8 Å². The molecular formula is C15H17NO4. The van der Waals surface area contributed by atoms with Gasteiger partial charge in [-0.3, -0.25) is 4.98 Å². The molecule has 20 heavy (non-hydrogen) atoms. The number of hydrogen-bond donors (Lipinski definition) is 0. The van der Waals surface area contributed by atoms with Crippen molar-refractivity contribution < 1.29 is 18.7 Å². The third kappa shape index (κ3) is 3.93. The fourth-order valence-electron chi connectivity index (χ4n) is 1.63. The zero-order valence-electron chi connectivity index (χ0n) is 11.4. The van der Waals surface area contributed by atoms with Gasteiger partial charge in [0.2, 0.25) is 5.76 Å². The smallest absolute Gasteiger partial charge is 0.374 e. The first-order valence-electron chi connectivity index (χ1n) is 6.56. The number of esters is 1. The second-order valence-corrected chi connectivity index (χ2v) is 4.15. The molecule has 0 fully saturated rings.